The Hall–Kier alpha value is -1.10. The van der Waals surface area contributed by atoms with Crippen LogP contribution in [-0.2, 0) is 9.59 Å². The zero-order valence-corrected chi connectivity index (χ0v) is 9.90. The van der Waals surface area contributed by atoms with E-state index in [-0.39, 0.29) is 19.0 Å². The molecular weight excluding hydrogens is 208 g/mol. The summed E-state index contributed by atoms with van der Waals surface area (Å²) in [7, 11) is 0. The molecule has 1 rings (SSSR count). The molecule has 16 heavy (non-hydrogen) atoms. The Morgan fingerprint density at radius 3 is 2.44 bits per heavy atom. The van der Waals surface area contributed by atoms with Crippen LogP contribution in [-0.4, -0.2) is 47.6 Å². The maximum absolute atomic E-state index is 11.5. The van der Waals surface area contributed by atoms with E-state index in [4.69, 9.17) is 5.11 Å². The molecule has 1 aliphatic rings. The fourth-order valence-corrected chi connectivity index (χ4v) is 1.49. The molecule has 0 unspecified atom stereocenters. The van der Waals surface area contributed by atoms with E-state index in [1.807, 2.05) is 13.8 Å². The number of rotatable bonds is 7. The number of aliphatic carboxylic acids is 1. The Labute approximate surface area is 95.8 Å². The largest absolute Gasteiger partial charge is 0.480 e. The van der Waals surface area contributed by atoms with Gasteiger partial charge in [-0.05, 0) is 18.8 Å². The molecule has 1 saturated carbocycles. The van der Waals surface area contributed by atoms with Gasteiger partial charge in [-0.15, -0.1) is 0 Å². The van der Waals surface area contributed by atoms with Crippen LogP contribution < -0.4 is 5.32 Å². The molecule has 0 bridgehead atoms. The lowest BCUT2D eigenvalue weighted by molar-refractivity contribution is -0.138. The molecule has 1 aliphatic carbocycles. The number of amides is 1. The average molecular weight is 228 g/mol. The standard InChI is InChI=1S/C11H20N2O3/c1-8(2)5-12-10(14)6-13(7-11(15)16)9-3-4-9/h8-9H,3-7H2,1-2H3,(H,12,14)(H,15,16). The van der Waals surface area contributed by atoms with Gasteiger partial charge < -0.3 is 10.4 Å². The third-order valence-corrected chi connectivity index (χ3v) is 2.46. The van der Waals surface area contributed by atoms with Gasteiger partial charge >= 0.3 is 5.97 Å². The lowest BCUT2D eigenvalue weighted by atomic mass is 10.2. The second-order valence-electron chi connectivity index (χ2n) is 4.73. The number of hydrogen-bond acceptors (Lipinski definition) is 3. The topological polar surface area (TPSA) is 69.6 Å². The van der Waals surface area contributed by atoms with Crippen LogP contribution in [0.3, 0.4) is 0 Å². The molecule has 1 fully saturated rings. The molecular formula is C11H20N2O3. The van der Waals surface area contributed by atoms with Gasteiger partial charge in [-0.3, -0.25) is 14.5 Å². The molecule has 0 atom stereocenters. The van der Waals surface area contributed by atoms with Crippen molar-refractivity contribution in [3.63, 3.8) is 0 Å². The third-order valence-electron chi connectivity index (χ3n) is 2.46. The average Bonchev–Trinajstić information content (AvgIpc) is 2.96. The van der Waals surface area contributed by atoms with Crippen molar-refractivity contribution < 1.29 is 14.7 Å². The van der Waals surface area contributed by atoms with Gasteiger partial charge in [-0.1, -0.05) is 13.8 Å². The lowest BCUT2D eigenvalue weighted by Gasteiger charge is -2.19. The van der Waals surface area contributed by atoms with E-state index < -0.39 is 5.97 Å². The maximum Gasteiger partial charge on any atom is 0.317 e. The minimum absolute atomic E-state index is 0.0419. The van der Waals surface area contributed by atoms with Gasteiger partial charge in [0.25, 0.3) is 0 Å². The number of carboxylic acids is 1. The van der Waals surface area contributed by atoms with Crippen molar-refractivity contribution in [2.75, 3.05) is 19.6 Å². The number of nitrogens with one attached hydrogen (secondary N) is 1. The normalized spacial score (nSPS) is 15.5. The Morgan fingerprint density at radius 1 is 1.38 bits per heavy atom. The van der Waals surface area contributed by atoms with E-state index in [1.165, 1.54) is 0 Å². The van der Waals surface area contributed by atoms with E-state index >= 15 is 0 Å². The van der Waals surface area contributed by atoms with Crippen LogP contribution in [0.4, 0.5) is 0 Å². The molecule has 0 saturated heterocycles. The van der Waals surface area contributed by atoms with Crippen LogP contribution in [0.25, 0.3) is 0 Å². The summed E-state index contributed by atoms with van der Waals surface area (Å²) in [5, 5.41) is 11.5. The van der Waals surface area contributed by atoms with Crippen LogP contribution in [0.1, 0.15) is 26.7 Å². The molecule has 0 aromatic carbocycles. The smallest absolute Gasteiger partial charge is 0.317 e. The summed E-state index contributed by atoms with van der Waals surface area (Å²) in [6, 6.07) is 0.292. The van der Waals surface area contributed by atoms with Crippen molar-refractivity contribution in [2.45, 2.75) is 32.7 Å². The quantitative estimate of drug-likeness (QED) is 0.658. The molecule has 0 aliphatic heterocycles. The van der Waals surface area contributed by atoms with E-state index in [1.54, 1.807) is 4.90 Å². The van der Waals surface area contributed by atoms with Crippen LogP contribution in [0, 0.1) is 5.92 Å². The summed E-state index contributed by atoms with van der Waals surface area (Å²) in [4.78, 5) is 23.9. The first-order valence-electron chi connectivity index (χ1n) is 5.71. The van der Waals surface area contributed by atoms with Crippen molar-refractivity contribution in [3.05, 3.63) is 0 Å². The second-order valence-corrected chi connectivity index (χ2v) is 4.73. The van der Waals surface area contributed by atoms with Crippen molar-refractivity contribution in [3.8, 4) is 0 Å². The Kier molecular flexibility index (Phi) is 4.73. The minimum atomic E-state index is -0.872. The van der Waals surface area contributed by atoms with E-state index in [9.17, 15) is 9.59 Å². The van der Waals surface area contributed by atoms with Crippen molar-refractivity contribution >= 4 is 11.9 Å². The fourth-order valence-electron chi connectivity index (χ4n) is 1.49. The minimum Gasteiger partial charge on any atom is -0.480 e. The summed E-state index contributed by atoms with van der Waals surface area (Å²) < 4.78 is 0. The van der Waals surface area contributed by atoms with Gasteiger partial charge in [0.2, 0.25) is 5.91 Å². The van der Waals surface area contributed by atoms with Crippen LogP contribution in [0.5, 0.6) is 0 Å². The van der Waals surface area contributed by atoms with Crippen LogP contribution >= 0.6 is 0 Å². The highest BCUT2D eigenvalue weighted by Gasteiger charge is 2.31. The van der Waals surface area contributed by atoms with Gasteiger partial charge in [0.15, 0.2) is 0 Å². The summed E-state index contributed by atoms with van der Waals surface area (Å²) in [5.41, 5.74) is 0. The van der Waals surface area contributed by atoms with Gasteiger partial charge in [-0.25, -0.2) is 0 Å². The highest BCUT2D eigenvalue weighted by molar-refractivity contribution is 5.79. The first-order chi connectivity index (χ1) is 7.49. The van der Waals surface area contributed by atoms with Crippen LogP contribution in [0.2, 0.25) is 0 Å². The number of carboxylic acid groups (broad SMARTS) is 1. The fraction of sp³-hybridized carbons (Fsp3) is 0.818. The number of nitrogens with zero attached hydrogens (tertiary/aromatic N) is 1. The molecule has 2 N–H and O–H groups in total. The molecule has 0 heterocycles. The van der Waals surface area contributed by atoms with Crippen molar-refractivity contribution in [2.24, 2.45) is 5.92 Å². The van der Waals surface area contributed by atoms with E-state index in [0.29, 0.717) is 18.5 Å². The molecule has 5 heteroatoms. The Morgan fingerprint density at radius 2 is 2.00 bits per heavy atom. The molecule has 92 valence electrons. The monoisotopic (exact) mass is 228 g/mol. The molecule has 5 nitrogen and oxygen atoms in total. The third kappa shape index (κ3) is 5.11. The van der Waals surface area contributed by atoms with Gasteiger partial charge in [0, 0.05) is 12.6 Å². The summed E-state index contributed by atoms with van der Waals surface area (Å²) in [5.74, 6) is -0.539. The zero-order valence-electron chi connectivity index (χ0n) is 9.90. The van der Waals surface area contributed by atoms with Crippen molar-refractivity contribution in [1.29, 1.82) is 0 Å². The highest BCUT2D eigenvalue weighted by atomic mass is 16.4. The molecule has 0 aromatic heterocycles. The van der Waals surface area contributed by atoms with Gasteiger partial charge in [-0.2, -0.15) is 0 Å². The number of carbonyl (C=O) groups excluding carboxylic acids is 1. The van der Waals surface area contributed by atoms with Gasteiger partial charge in [0.05, 0.1) is 13.1 Å². The summed E-state index contributed by atoms with van der Waals surface area (Å²) >= 11 is 0. The Balaban J connectivity index is 2.30. The second kappa shape index (κ2) is 5.84. The van der Waals surface area contributed by atoms with E-state index in [2.05, 4.69) is 5.32 Å². The molecule has 0 spiro atoms. The predicted octanol–water partition coefficient (Wildman–Crippen LogP) is 0.308. The molecule has 1 amide bonds. The predicted molar refractivity (Wildman–Crippen MR) is 60.1 cm³/mol. The number of carbonyl (C=O) groups is 2. The van der Waals surface area contributed by atoms with Crippen molar-refractivity contribution in [1.82, 2.24) is 10.2 Å². The SMILES string of the molecule is CC(C)CNC(=O)CN(CC(=O)O)C1CC1. The van der Waals surface area contributed by atoms with Gasteiger partial charge in [0.1, 0.15) is 0 Å². The number of hydrogen-bond donors (Lipinski definition) is 2. The first kappa shape index (κ1) is 13.0. The molecule has 0 radical (unpaired) electrons. The summed E-state index contributed by atoms with van der Waals surface area (Å²) in [6.07, 6.45) is 2.01. The van der Waals surface area contributed by atoms with E-state index in [0.717, 1.165) is 12.8 Å². The maximum atomic E-state index is 11.5. The lowest BCUT2D eigenvalue weighted by Crippen LogP contribution is -2.41. The molecule has 0 aromatic rings. The summed E-state index contributed by atoms with van der Waals surface area (Å²) in [6.45, 7) is 4.85. The first-order valence-corrected chi connectivity index (χ1v) is 5.71. The zero-order chi connectivity index (χ0) is 12.1. The highest BCUT2D eigenvalue weighted by Crippen LogP contribution is 2.26. The van der Waals surface area contributed by atoms with Crippen LogP contribution in [0.15, 0.2) is 0 Å². The Bertz CT molecular complexity index is 262.